The van der Waals surface area contributed by atoms with Crippen molar-refractivity contribution in [1.82, 2.24) is 4.90 Å². The highest BCUT2D eigenvalue weighted by atomic mass is 32.2. The number of hydrogen-bond acceptors (Lipinski definition) is 4. The molecular weight excluding hydrogens is 264 g/mol. The molecule has 0 aromatic carbocycles. The molecule has 108 valence electrons. The van der Waals surface area contributed by atoms with Gasteiger partial charge in [0.15, 0.2) is 0 Å². The minimum atomic E-state index is -0.888. The Hall–Kier alpha value is -0.750. The topological polar surface area (TPSA) is 83.6 Å². The largest absolute Gasteiger partial charge is 0.480 e. The molecule has 0 radical (unpaired) electrons. The molecule has 0 aromatic rings. The van der Waals surface area contributed by atoms with Crippen LogP contribution in [0.25, 0.3) is 0 Å². The summed E-state index contributed by atoms with van der Waals surface area (Å²) in [7, 11) is 0. The van der Waals surface area contributed by atoms with Crippen LogP contribution in [0.15, 0.2) is 0 Å². The molecule has 3 N–H and O–H groups in total. The number of nitrogens with zero attached hydrogens (tertiary/aromatic N) is 1. The van der Waals surface area contributed by atoms with Crippen molar-refractivity contribution in [2.45, 2.75) is 44.0 Å². The molecule has 0 bridgehead atoms. The number of nitrogens with two attached hydrogens (primary N) is 1. The SMILES string of the molecule is CC1SCC(C(=O)O)N1C(=O)C1CCC(CN)CC1. The molecule has 19 heavy (non-hydrogen) atoms. The molecule has 1 amide bonds. The lowest BCUT2D eigenvalue weighted by Crippen LogP contribution is -2.48. The van der Waals surface area contributed by atoms with Crippen molar-refractivity contribution in [3.8, 4) is 0 Å². The Morgan fingerprint density at radius 1 is 1.32 bits per heavy atom. The molecular formula is C13H22N2O3S. The number of carbonyl (C=O) groups is 2. The van der Waals surface area contributed by atoms with Crippen LogP contribution < -0.4 is 5.73 Å². The van der Waals surface area contributed by atoms with Crippen LogP contribution in [0.1, 0.15) is 32.6 Å². The molecule has 1 saturated heterocycles. The van der Waals surface area contributed by atoms with Gasteiger partial charge in [-0.25, -0.2) is 4.79 Å². The van der Waals surface area contributed by atoms with E-state index in [4.69, 9.17) is 5.73 Å². The Morgan fingerprint density at radius 3 is 2.47 bits per heavy atom. The fraction of sp³-hybridized carbons (Fsp3) is 0.846. The highest BCUT2D eigenvalue weighted by Gasteiger charge is 2.42. The summed E-state index contributed by atoms with van der Waals surface area (Å²) < 4.78 is 0. The quantitative estimate of drug-likeness (QED) is 0.812. The van der Waals surface area contributed by atoms with Crippen molar-refractivity contribution in [3.05, 3.63) is 0 Å². The number of carbonyl (C=O) groups excluding carboxylic acids is 1. The Labute approximate surface area is 117 Å². The second kappa shape index (κ2) is 6.13. The Kier molecular flexibility index (Phi) is 4.73. The van der Waals surface area contributed by atoms with Crippen LogP contribution >= 0.6 is 11.8 Å². The van der Waals surface area contributed by atoms with Gasteiger partial charge in [-0.15, -0.1) is 11.8 Å². The van der Waals surface area contributed by atoms with Gasteiger partial charge >= 0.3 is 5.97 Å². The lowest BCUT2D eigenvalue weighted by atomic mass is 9.81. The second-order valence-corrected chi connectivity index (χ2v) is 6.83. The molecule has 2 atom stereocenters. The highest BCUT2D eigenvalue weighted by molar-refractivity contribution is 8.00. The monoisotopic (exact) mass is 286 g/mol. The van der Waals surface area contributed by atoms with E-state index in [1.807, 2.05) is 6.92 Å². The van der Waals surface area contributed by atoms with Gasteiger partial charge in [-0.3, -0.25) is 4.79 Å². The molecule has 5 nitrogen and oxygen atoms in total. The summed E-state index contributed by atoms with van der Waals surface area (Å²) in [5.41, 5.74) is 5.65. The van der Waals surface area contributed by atoms with Gasteiger partial charge < -0.3 is 15.7 Å². The average Bonchev–Trinajstić information content (AvgIpc) is 2.80. The third-order valence-corrected chi connectivity index (χ3v) is 5.51. The number of carboxylic acids is 1. The highest BCUT2D eigenvalue weighted by Crippen LogP contribution is 2.35. The second-order valence-electron chi connectivity index (χ2n) is 5.49. The van der Waals surface area contributed by atoms with Gasteiger partial charge in [0, 0.05) is 11.7 Å². The first kappa shape index (κ1) is 14.7. The van der Waals surface area contributed by atoms with Gasteiger partial charge in [0.2, 0.25) is 5.91 Å². The first-order valence-corrected chi connectivity index (χ1v) is 7.96. The van der Waals surface area contributed by atoms with Crippen molar-refractivity contribution >= 4 is 23.6 Å². The van der Waals surface area contributed by atoms with E-state index in [9.17, 15) is 14.7 Å². The maximum absolute atomic E-state index is 12.5. The molecule has 2 unspecified atom stereocenters. The summed E-state index contributed by atoms with van der Waals surface area (Å²) in [6, 6.07) is -0.653. The Bertz CT molecular complexity index is 356. The summed E-state index contributed by atoms with van der Waals surface area (Å²) in [6.45, 7) is 2.60. The van der Waals surface area contributed by atoms with E-state index in [1.165, 1.54) is 0 Å². The fourth-order valence-electron chi connectivity index (χ4n) is 3.02. The first-order valence-electron chi connectivity index (χ1n) is 6.91. The fourth-order valence-corrected chi connectivity index (χ4v) is 4.20. The zero-order valence-electron chi connectivity index (χ0n) is 11.2. The van der Waals surface area contributed by atoms with E-state index in [1.54, 1.807) is 16.7 Å². The molecule has 6 heteroatoms. The molecule has 2 rings (SSSR count). The van der Waals surface area contributed by atoms with Crippen molar-refractivity contribution in [1.29, 1.82) is 0 Å². The van der Waals surface area contributed by atoms with Crippen LogP contribution in [0, 0.1) is 11.8 Å². The third kappa shape index (κ3) is 3.05. The van der Waals surface area contributed by atoms with Crippen molar-refractivity contribution in [2.24, 2.45) is 17.6 Å². The lowest BCUT2D eigenvalue weighted by Gasteiger charge is -2.33. The lowest BCUT2D eigenvalue weighted by molar-refractivity contribution is -0.151. The summed E-state index contributed by atoms with van der Waals surface area (Å²) in [4.78, 5) is 25.3. The number of aliphatic carboxylic acids is 1. The van der Waals surface area contributed by atoms with E-state index < -0.39 is 12.0 Å². The molecule has 1 aliphatic carbocycles. The molecule has 2 fully saturated rings. The van der Waals surface area contributed by atoms with Crippen molar-refractivity contribution < 1.29 is 14.7 Å². The number of hydrogen-bond donors (Lipinski definition) is 2. The van der Waals surface area contributed by atoms with Crippen LogP contribution in [0.2, 0.25) is 0 Å². The van der Waals surface area contributed by atoms with E-state index in [0.717, 1.165) is 25.7 Å². The van der Waals surface area contributed by atoms with Gasteiger partial charge in [0.1, 0.15) is 6.04 Å². The van der Waals surface area contributed by atoms with Crippen LogP contribution in [0.4, 0.5) is 0 Å². The number of thioether (sulfide) groups is 1. The molecule has 1 saturated carbocycles. The van der Waals surface area contributed by atoms with Gasteiger partial charge in [0.05, 0.1) is 5.37 Å². The maximum atomic E-state index is 12.5. The summed E-state index contributed by atoms with van der Waals surface area (Å²) in [6.07, 6.45) is 3.67. The van der Waals surface area contributed by atoms with Crippen LogP contribution in [0.3, 0.4) is 0 Å². The zero-order valence-corrected chi connectivity index (χ0v) is 12.1. The summed E-state index contributed by atoms with van der Waals surface area (Å²) >= 11 is 1.54. The number of carboxylic acid groups (broad SMARTS) is 1. The van der Waals surface area contributed by atoms with Crippen molar-refractivity contribution in [3.63, 3.8) is 0 Å². The summed E-state index contributed by atoms with van der Waals surface area (Å²) in [5, 5.41) is 9.18. The van der Waals surface area contributed by atoms with Crippen LogP contribution in [-0.4, -0.2) is 45.6 Å². The van der Waals surface area contributed by atoms with Gasteiger partial charge in [0.25, 0.3) is 0 Å². The zero-order chi connectivity index (χ0) is 14.0. The smallest absolute Gasteiger partial charge is 0.327 e. The average molecular weight is 286 g/mol. The van der Waals surface area contributed by atoms with Gasteiger partial charge in [-0.05, 0) is 45.1 Å². The number of rotatable bonds is 3. The van der Waals surface area contributed by atoms with Gasteiger partial charge in [-0.2, -0.15) is 0 Å². The van der Waals surface area contributed by atoms with Crippen molar-refractivity contribution in [2.75, 3.05) is 12.3 Å². The van der Waals surface area contributed by atoms with Crippen LogP contribution in [-0.2, 0) is 9.59 Å². The predicted molar refractivity (Wildman–Crippen MR) is 74.7 cm³/mol. The Morgan fingerprint density at radius 2 is 1.95 bits per heavy atom. The molecule has 2 aliphatic rings. The normalized spacial score (nSPS) is 35.4. The standard InChI is InChI=1S/C13H22N2O3S/c1-8-15(11(7-19-8)13(17)18)12(16)10-4-2-9(6-14)3-5-10/h8-11H,2-7,14H2,1H3,(H,17,18). The van der Waals surface area contributed by atoms with E-state index in [2.05, 4.69) is 0 Å². The van der Waals surface area contributed by atoms with Crippen LogP contribution in [0.5, 0.6) is 0 Å². The molecule has 1 aliphatic heterocycles. The van der Waals surface area contributed by atoms with Gasteiger partial charge in [-0.1, -0.05) is 0 Å². The molecule has 0 spiro atoms. The van der Waals surface area contributed by atoms with E-state index in [0.29, 0.717) is 18.2 Å². The minimum absolute atomic E-state index is 0.00852. The minimum Gasteiger partial charge on any atom is -0.480 e. The Balaban J connectivity index is 2.00. The first-order chi connectivity index (χ1) is 9.04. The molecule has 0 aromatic heterocycles. The van der Waals surface area contributed by atoms with E-state index >= 15 is 0 Å². The maximum Gasteiger partial charge on any atom is 0.327 e. The summed E-state index contributed by atoms with van der Waals surface area (Å²) in [5.74, 6) is 0.164. The van der Waals surface area contributed by atoms with E-state index in [-0.39, 0.29) is 17.2 Å². The number of amides is 1. The third-order valence-electron chi connectivity index (χ3n) is 4.29. The predicted octanol–water partition coefficient (Wildman–Crippen LogP) is 1.13. The molecule has 1 heterocycles.